The molecule has 9 heteroatoms. The van der Waals surface area contributed by atoms with Gasteiger partial charge in [-0.25, -0.2) is 4.79 Å². The topological polar surface area (TPSA) is 59.0 Å². The van der Waals surface area contributed by atoms with Crippen LogP contribution in [0.1, 0.15) is 15.9 Å². The lowest BCUT2D eigenvalue weighted by Gasteiger charge is -2.26. The molecular weight excluding hydrogens is 455 g/mol. The molecule has 1 heterocycles. The molecule has 0 aromatic heterocycles. The lowest BCUT2D eigenvalue weighted by atomic mass is 9.99. The van der Waals surface area contributed by atoms with E-state index in [1.807, 2.05) is 0 Å². The predicted molar refractivity (Wildman–Crippen MR) is 104 cm³/mol. The van der Waals surface area contributed by atoms with E-state index in [0.717, 1.165) is 25.2 Å². The third-order valence-corrected chi connectivity index (χ3v) is 5.14. The first-order chi connectivity index (χ1) is 13.8. The van der Waals surface area contributed by atoms with Crippen LogP contribution >= 0.6 is 15.9 Å². The van der Waals surface area contributed by atoms with E-state index in [0.29, 0.717) is 36.6 Å². The van der Waals surface area contributed by atoms with Crippen molar-refractivity contribution in [2.45, 2.75) is 6.18 Å². The second kappa shape index (κ2) is 9.15. The predicted octanol–water partition coefficient (Wildman–Crippen LogP) is 4.54. The van der Waals surface area contributed by atoms with Crippen LogP contribution in [-0.2, 0) is 10.9 Å². The lowest BCUT2D eigenvalue weighted by Crippen LogP contribution is -2.38. The van der Waals surface area contributed by atoms with Crippen molar-refractivity contribution < 1.29 is 32.5 Å². The molecule has 0 atom stereocenters. The molecule has 0 bridgehead atoms. The van der Waals surface area contributed by atoms with E-state index in [1.165, 1.54) is 24.3 Å². The Kier molecular flexibility index (Phi) is 6.81. The quantitative estimate of drug-likeness (QED) is 0.666. The van der Waals surface area contributed by atoms with E-state index < -0.39 is 17.7 Å². The number of hydrogen-bond acceptors (Lipinski definition) is 4. The number of alkyl halides is 3. The molecule has 1 N–H and O–H groups in total. The van der Waals surface area contributed by atoms with Gasteiger partial charge in [0.15, 0.2) is 0 Å². The van der Waals surface area contributed by atoms with Crippen molar-refractivity contribution in [3.8, 4) is 16.9 Å². The maximum Gasteiger partial charge on any atom is 0.416 e. The van der Waals surface area contributed by atoms with Crippen LogP contribution < -0.4 is 4.74 Å². The van der Waals surface area contributed by atoms with Gasteiger partial charge in [0, 0.05) is 25.2 Å². The fourth-order valence-corrected chi connectivity index (χ4v) is 3.62. The Bertz CT molecular complexity index is 883. The molecular formula is C20H19BrF3NO4. The summed E-state index contributed by atoms with van der Waals surface area (Å²) in [6.07, 6.45) is -4.50. The van der Waals surface area contributed by atoms with Crippen LogP contribution in [0.4, 0.5) is 13.2 Å². The molecule has 2 aromatic carbocycles. The van der Waals surface area contributed by atoms with Crippen LogP contribution in [0, 0.1) is 0 Å². The molecule has 1 aliphatic rings. The van der Waals surface area contributed by atoms with Gasteiger partial charge >= 0.3 is 12.1 Å². The Balaban J connectivity index is 1.92. The summed E-state index contributed by atoms with van der Waals surface area (Å²) in [5.41, 5.74) is -0.356. The van der Waals surface area contributed by atoms with Crippen LogP contribution in [0.15, 0.2) is 40.9 Å². The molecule has 1 aliphatic heterocycles. The van der Waals surface area contributed by atoms with Gasteiger partial charge in [-0.2, -0.15) is 13.2 Å². The van der Waals surface area contributed by atoms with Crippen molar-refractivity contribution in [3.05, 3.63) is 52.0 Å². The summed E-state index contributed by atoms with van der Waals surface area (Å²) in [4.78, 5) is 13.6. The van der Waals surface area contributed by atoms with Gasteiger partial charge in [0.05, 0.1) is 28.8 Å². The largest absolute Gasteiger partial charge is 0.490 e. The zero-order valence-corrected chi connectivity index (χ0v) is 16.9. The van der Waals surface area contributed by atoms with Crippen molar-refractivity contribution in [2.24, 2.45) is 0 Å². The molecule has 0 aliphatic carbocycles. The molecule has 1 fully saturated rings. The number of ether oxygens (including phenoxy) is 2. The molecule has 29 heavy (non-hydrogen) atoms. The van der Waals surface area contributed by atoms with Crippen LogP contribution in [-0.4, -0.2) is 55.4 Å². The molecule has 0 radical (unpaired) electrons. The third-order valence-electron chi connectivity index (χ3n) is 4.55. The smallest absolute Gasteiger partial charge is 0.416 e. The molecule has 0 unspecified atom stereocenters. The number of nitrogens with zero attached hydrogens (tertiary/aromatic N) is 1. The number of carboxylic acid groups (broad SMARTS) is 1. The third kappa shape index (κ3) is 5.49. The molecule has 1 saturated heterocycles. The van der Waals surface area contributed by atoms with Crippen molar-refractivity contribution in [2.75, 3.05) is 39.5 Å². The summed E-state index contributed by atoms with van der Waals surface area (Å²) in [5.74, 6) is -0.874. The number of carbonyl (C=O) groups is 1. The van der Waals surface area contributed by atoms with Crippen LogP contribution in [0.5, 0.6) is 5.75 Å². The van der Waals surface area contributed by atoms with Gasteiger partial charge in [0.1, 0.15) is 12.4 Å². The van der Waals surface area contributed by atoms with Crippen LogP contribution in [0.3, 0.4) is 0 Å². The van der Waals surface area contributed by atoms with Gasteiger partial charge in [-0.1, -0.05) is 12.1 Å². The van der Waals surface area contributed by atoms with E-state index >= 15 is 0 Å². The fraction of sp³-hybridized carbons (Fsp3) is 0.350. The Morgan fingerprint density at radius 1 is 1.21 bits per heavy atom. The summed E-state index contributed by atoms with van der Waals surface area (Å²) in [6, 6.07) is 7.45. The minimum absolute atomic E-state index is 0.0511. The molecule has 0 spiro atoms. The molecule has 0 saturated carbocycles. The average Bonchev–Trinajstić information content (AvgIpc) is 2.69. The first kappa shape index (κ1) is 21.6. The molecule has 2 aromatic rings. The minimum Gasteiger partial charge on any atom is -0.490 e. The Morgan fingerprint density at radius 2 is 1.93 bits per heavy atom. The van der Waals surface area contributed by atoms with Gasteiger partial charge < -0.3 is 14.6 Å². The number of morpholine rings is 1. The first-order valence-corrected chi connectivity index (χ1v) is 9.72. The van der Waals surface area contributed by atoms with Crippen molar-refractivity contribution >= 4 is 21.9 Å². The van der Waals surface area contributed by atoms with Crippen molar-refractivity contribution in [1.82, 2.24) is 4.90 Å². The summed E-state index contributed by atoms with van der Waals surface area (Å²) in [5, 5.41) is 9.34. The fourth-order valence-electron chi connectivity index (χ4n) is 3.04. The number of aromatic carboxylic acids is 1. The Hall–Kier alpha value is -2.10. The van der Waals surface area contributed by atoms with Gasteiger partial charge in [0.2, 0.25) is 0 Å². The summed E-state index contributed by atoms with van der Waals surface area (Å²) in [7, 11) is 0. The number of halogens is 4. The van der Waals surface area contributed by atoms with E-state index in [4.69, 9.17) is 9.47 Å². The van der Waals surface area contributed by atoms with Gasteiger partial charge in [-0.15, -0.1) is 0 Å². The molecule has 3 rings (SSSR count). The van der Waals surface area contributed by atoms with E-state index in [2.05, 4.69) is 20.8 Å². The van der Waals surface area contributed by atoms with Crippen molar-refractivity contribution in [3.63, 3.8) is 0 Å². The molecule has 5 nitrogen and oxygen atoms in total. The second-order valence-electron chi connectivity index (χ2n) is 6.52. The van der Waals surface area contributed by atoms with Gasteiger partial charge in [0.25, 0.3) is 0 Å². The highest BCUT2D eigenvalue weighted by atomic mass is 79.9. The van der Waals surface area contributed by atoms with E-state index in [9.17, 15) is 23.1 Å². The zero-order chi connectivity index (χ0) is 21.0. The maximum absolute atomic E-state index is 13.1. The lowest BCUT2D eigenvalue weighted by molar-refractivity contribution is -0.137. The number of hydrogen-bond donors (Lipinski definition) is 1. The number of benzene rings is 2. The van der Waals surface area contributed by atoms with Crippen LogP contribution in [0.25, 0.3) is 11.1 Å². The number of carboxylic acids is 1. The minimum atomic E-state index is -4.50. The Morgan fingerprint density at radius 3 is 2.59 bits per heavy atom. The van der Waals surface area contributed by atoms with Gasteiger partial charge in [-0.3, -0.25) is 4.90 Å². The summed E-state index contributed by atoms with van der Waals surface area (Å²) >= 11 is 3.30. The SMILES string of the molecule is O=C(O)c1cc(Br)c(OCCN2CCOCC2)c(-c2cccc(C(F)(F)F)c2)c1. The highest BCUT2D eigenvalue weighted by molar-refractivity contribution is 9.10. The van der Waals surface area contributed by atoms with Crippen molar-refractivity contribution in [1.29, 1.82) is 0 Å². The summed E-state index contributed by atoms with van der Waals surface area (Å²) < 4.78 is 50.9. The van der Waals surface area contributed by atoms with E-state index in [1.54, 1.807) is 0 Å². The maximum atomic E-state index is 13.1. The monoisotopic (exact) mass is 473 g/mol. The first-order valence-electron chi connectivity index (χ1n) is 8.93. The Labute approximate surface area is 174 Å². The van der Waals surface area contributed by atoms with E-state index in [-0.39, 0.29) is 16.7 Å². The normalized spacial score (nSPS) is 15.3. The standard InChI is InChI=1S/C20H19BrF3NO4/c21-17-12-14(19(26)27)11-16(13-2-1-3-15(10-13)20(22,23)24)18(17)29-9-6-25-4-7-28-8-5-25/h1-3,10-12H,4-9H2,(H,26,27). The zero-order valence-electron chi connectivity index (χ0n) is 15.3. The number of rotatable bonds is 6. The second-order valence-corrected chi connectivity index (χ2v) is 7.38. The highest BCUT2D eigenvalue weighted by Crippen LogP contribution is 2.40. The average molecular weight is 474 g/mol. The summed E-state index contributed by atoms with van der Waals surface area (Å²) in [6.45, 7) is 3.78. The van der Waals surface area contributed by atoms with Gasteiger partial charge in [-0.05, 0) is 45.8 Å². The molecule has 0 amide bonds. The highest BCUT2D eigenvalue weighted by Gasteiger charge is 2.31. The molecule has 156 valence electrons. The van der Waals surface area contributed by atoms with Crippen LogP contribution in [0.2, 0.25) is 0 Å².